The van der Waals surface area contributed by atoms with Crippen molar-refractivity contribution in [3.63, 3.8) is 0 Å². The zero-order valence-electron chi connectivity index (χ0n) is 88.9. The monoisotopic (exact) mass is 2260 g/mol. The Bertz CT molecular complexity index is 4630. The number of nitrogens with one attached hydrogen (secondary N) is 9. The molecule has 2 unspecified atom stereocenters. The Labute approximate surface area is 873 Å². The Morgan fingerprint density at radius 3 is 0.966 bits per heavy atom. The summed E-state index contributed by atoms with van der Waals surface area (Å²) < 4.78 is 276. The van der Waals surface area contributed by atoms with Gasteiger partial charge in [-0.05, 0) is 302 Å². The van der Waals surface area contributed by atoms with E-state index in [4.69, 9.17) is 51.4 Å². The van der Waals surface area contributed by atoms with Gasteiger partial charge in [0, 0.05) is 40.8 Å². The van der Waals surface area contributed by atoms with Gasteiger partial charge in [-0.15, -0.1) is 0 Å². The number of carbonyl (C=O) groups is 2. The third kappa shape index (κ3) is 85.0. The molecule has 862 valence electrons. The van der Waals surface area contributed by atoms with Crippen LogP contribution in [0.3, 0.4) is 0 Å². The Hall–Kier alpha value is -3.05. The molecule has 0 bridgehead atoms. The van der Waals surface area contributed by atoms with Crippen LogP contribution in [0.1, 0.15) is 345 Å². The molecule has 7 fully saturated rings. The van der Waals surface area contributed by atoms with E-state index >= 15 is 0 Å². The Balaban J connectivity index is 0.00000161. The summed E-state index contributed by atoms with van der Waals surface area (Å²) in [6.07, 6.45) is 43.6. The molecule has 0 aliphatic heterocycles. The van der Waals surface area contributed by atoms with E-state index in [9.17, 15) is 85.3 Å². The molecule has 1 aromatic carbocycles. The standard InChI is InChI=1S/C15H23NO4S.C13H27NO3S.3C11H23NO3S.C10H21NO3S.C9H19NO5S.C9H19NO3S.C6H14N2O4S/c17-21(18,19)11-5-10-16-14-8-4-9-15(14)20-12-13-6-2-1-3-7-13;1-13(2,3)11-5-7-12(8-6-11)14-9-4-10-18(15,16)17;2*1-10(11-6-3-2-4-7-11)12-8-5-9-16(13,14)15;1-11(7-4-2-3-5-8-11)12-9-6-10-16(13,14)15;1-10(6-3-2-4-7-10)11-8-5-9-15(12,13)14;1-7(2)8(9(11)15-3)10-5-4-6-16(12,13)14;1-9(5-2-3-6-9)10-7-4-8-14(11,12)13;1-5(6(7)9)8-3-2-4-13(10,11)12/h1-3,6-7,14-16H,4-5,8-12H2,(H,17,18,19);11-12,14H,4-10H2,1-3H3,(H,15,16,17);2*10-12H,2-9H2,1H3,(H,13,14,15);12H,2-10H2,1H3,(H,13,14,15);11H,2-9H2,1H3,(H,12,13,14);7-8,10H,4-6H2,1-3H3,(H,12,13,14);10H,2-8H2,1H3,(H,11,12,13);5,8H,2-4H2,1H3,(H2,7,9)(H,10,11,12)/t14-,15-;;2*10-;;;;;/m0.10...../s1. The van der Waals surface area contributed by atoms with Crippen LogP contribution >= 0.6 is 0 Å². The quantitative estimate of drug-likeness (QED) is 0.0125. The van der Waals surface area contributed by atoms with Crippen LogP contribution in [0.4, 0.5) is 0 Å². The van der Waals surface area contributed by atoms with Gasteiger partial charge < -0.3 is 63.1 Å². The predicted octanol–water partition coefficient (Wildman–Crippen LogP) is 11.6. The molecule has 20 N–H and O–H groups in total. The van der Waals surface area contributed by atoms with Crippen molar-refractivity contribution in [1.82, 2.24) is 47.9 Å². The molecule has 6 atom stereocenters. The molecule has 1 amide bonds. The molecule has 8 rings (SSSR count). The number of primary amides is 1. The molecule has 0 saturated heterocycles. The normalized spacial score (nSPS) is 20.6. The first-order valence-electron chi connectivity index (χ1n) is 52.3. The summed E-state index contributed by atoms with van der Waals surface area (Å²) in [5.74, 6) is -0.215. The van der Waals surface area contributed by atoms with Crippen LogP contribution in [-0.2, 0) is 117 Å². The number of benzene rings is 1. The van der Waals surface area contributed by atoms with Crippen LogP contribution in [0.25, 0.3) is 0 Å². The van der Waals surface area contributed by atoms with E-state index in [-0.39, 0.29) is 105 Å². The van der Waals surface area contributed by atoms with E-state index in [2.05, 4.69) is 108 Å². The van der Waals surface area contributed by atoms with E-state index in [1.807, 2.05) is 44.2 Å². The number of methoxy groups -OCH3 is 1. The molecule has 1 aromatic rings. The second-order valence-electron chi connectivity index (χ2n) is 42.2. The smallest absolute Gasteiger partial charge is 0.323 e. The average molecular weight is 2260 g/mol. The number of ether oxygens (including phenoxy) is 2. The van der Waals surface area contributed by atoms with Crippen LogP contribution in [-0.4, -0.2) is 305 Å². The van der Waals surface area contributed by atoms with E-state index in [0.29, 0.717) is 134 Å². The van der Waals surface area contributed by atoms with Gasteiger partial charge >= 0.3 is 5.97 Å². The zero-order chi connectivity index (χ0) is 110. The zero-order valence-corrected chi connectivity index (χ0v) is 96.3. The SMILES string of the molecule is CC(C)(C)C1CCC(NCCCS(=O)(=O)O)CC1.CC(NCCCS(=O)(=O)O)C(N)=O.CC1(NCCCS(=O)(=O)O)CCCC1.CC1(NCCCS(=O)(=O)O)CCCCC1.CC1(NCCCS(=O)(=O)O)CCCCCC1.COC(=O)C(NCCCS(=O)(=O)O)C(C)C.C[C@@H](NCCCS(=O)(=O)O)C1CCCCC1.C[C@H](NCCCS(=O)(=O)O)C1CCCCC1.O=S(=O)(O)CCCN[C@H]1CCC[C@@H]1OCc1ccccc1. The number of hydrogen-bond acceptors (Lipinski definition) is 31. The van der Waals surface area contributed by atoms with Gasteiger partial charge in [0.05, 0.1) is 77.6 Å². The Kier molecular flexibility index (Phi) is 72.6. The molecule has 0 aromatic heterocycles. The van der Waals surface area contributed by atoms with Crippen LogP contribution in [0.15, 0.2) is 30.3 Å². The van der Waals surface area contributed by atoms with E-state index in [1.54, 1.807) is 6.92 Å². The van der Waals surface area contributed by atoms with Gasteiger partial charge in [-0.25, -0.2) is 0 Å². The molecule has 41 nitrogen and oxygen atoms in total. The predicted molar refractivity (Wildman–Crippen MR) is 575 cm³/mol. The maximum Gasteiger partial charge on any atom is 0.323 e. The lowest BCUT2D eigenvalue weighted by atomic mass is 9.71. The number of rotatable bonds is 53. The summed E-state index contributed by atoms with van der Waals surface area (Å²) >= 11 is 0. The van der Waals surface area contributed by atoms with Crippen molar-refractivity contribution in [1.29, 1.82) is 0 Å². The fourth-order valence-electron chi connectivity index (χ4n) is 18.5. The van der Waals surface area contributed by atoms with Crippen molar-refractivity contribution >= 4 is 103 Å². The minimum Gasteiger partial charge on any atom is -0.468 e. The van der Waals surface area contributed by atoms with Gasteiger partial charge in [0.1, 0.15) is 6.04 Å². The van der Waals surface area contributed by atoms with Gasteiger partial charge in [-0.1, -0.05) is 161 Å². The number of carbonyl (C=O) groups excluding carboxylic acids is 2. The molecular weight excluding hydrogens is 2070 g/mol. The third-order valence-electron chi connectivity index (χ3n) is 27.3. The number of nitrogens with two attached hydrogens (primary N) is 1. The second-order valence-corrected chi connectivity index (χ2v) is 56.3. The van der Waals surface area contributed by atoms with Crippen molar-refractivity contribution in [3.8, 4) is 0 Å². The molecule has 0 heterocycles. The van der Waals surface area contributed by atoms with Crippen LogP contribution < -0.4 is 53.6 Å². The van der Waals surface area contributed by atoms with Crippen LogP contribution in [0.5, 0.6) is 0 Å². The molecule has 0 spiro atoms. The van der Waals surface area contributed by atoms with Gasteiger partial charge in [0.2, 0.25) is 5.91 Å². The number of esters is 1. The van der Waals surface area contributed by atoms with Gasteiger partial charge in [-0.3, -0.25) is 50.6 Å². The van der Waals surface area contributed by atoms with Crippen molar-refractivity contribution < 1.29 is 136 Å². The summed E-state index contributed by atoms with van der Waals surface area (Å²) in [7, 11) is -33.1. The summed E-state index contributed by atoms with van der Waals surface area (Å²) in [6.45, 7) is 29.0. The minimum atomic E-state index is -3.92. The molecule has 145 heavy (non-hydrogen) atoms. The van der Waals surface area contributed by atoms with E-state index in [1.165, 1.54) is 193 Å². The van der Waals surface area contributed by atoms with E-state index < -0.39 is 109 Å². The van der Waals surface area contributed by atoms with Gasteiger partial charge in [0.15, 0.2) is 0 Å². The maximum absolute atomic E-state index is 11.3. The van der Waals surface area contributed by atoms with Crippen molar-refractivity contribution in [2.24, 2.45) is 34.8 Å². The second kappa shape index (κ2) is 74.2. The summed E-state index contributed by atoms with van der Waals surface area (Å²) in [5.41, 5.74) is 7.03. The first kappa shape index (κ1) is 142. The highest BCUT2D eigenvalue weighted by atomic mass is 32.3. The van der Waals surface area contributed by atoms with Crippen molar-refractivity contribution in [3.05, 3.63) is 35.9 Å². The average Bonchev–Trinajstić information content (AvgIpc) is 1.84. The lowest BCUT2D eigenvalue weighted by molar-refractivity contribution is -0.144. The number of hydrogen-bond donors (Lipinski definition) is 19. The molecule has 0 radical (unpaired) electrons. The Morgan fingerprint density at radius 2 is 0.655 bits per heavy atom. The van der Waals surface area contributed by atoms with Crippen molar-refractivity contribution in [2.75, 3.05) is 118 Å². The largest absolute Gasteiger partial charge is 0.468 e. The fraction of sp³-hybridized carbons (Fsp3) is 0.916. The fourth-order valence-corrected chi connectivity index (χ4v) is 23.1. The molecule has 7 saturated carbocycles. The highest BCUT2D eigenvalue weighted by Gasteiger charge is 2.34. The Morgan fingerprint density at radius 1 is 0.366 bits per heavy atom. The minimum absolute atomic E-state index is 0.0539. The van der Waals surface area contributed by atoms with Gasteiger partial charge in [-0.2, -0.15) is 75.8 Å². The highest BCUT2D eigenvalue weighted by Crippen LogP contribution is 2.38. The summed E-state index contributed by atoms with van der Waals surface area (Å²) in [6, 6.07) is 10.8. The topological polar surface area (TPSA) is 676 Å². The number of amides is 1. The summed E-state index contributed by atoms with van der Waals surface area (Å²) in [5, 5.41) is 29.2. The van der Waals surface area contributed by atoms with Crippen LogP contribution in [0.2, 0.25) is 0 Å². The molecule has 50 heteroatoms. The van der Waals surface area contributed by atoms with Crippen LogP contribution in [0, 0.1) is 29.1 Å². The molecule has 7 aliphatic rings. The first-order chi connectivity index (χ1) is 67.1. The lowest BCUT2D eigenvalue weighted by Crippen LogP contribution is -2.44. The van der Waals surface area contributed by atoms with Gasteiger partial charge in [0.25, 0.3) is 91.1 Å². The third-order valence-corrected chi connectivity index (χ3v) is 34.5. The lowest BCUT2D eigenvalue weighted by Gasteiger charge is -2.37. The highest BCUT2D eigenvalue weighted by molar-refractivity contribution is 7.87. The van der Waals surface area contributed by atoms with Crippen molar-refractivity contribution in [2.45, 2.75) is 405 Å². The maximum atomic E-state index is 11.3. The van der Waals surface area contributed by atoms with E-state index in [0.717, 1.165) is 42.6 Å². The molecular formula is C95H192N10O31S9. The summed E-state index contributed by atoms with van der Waals surface area (Å²) in [4.78, 5) is 21.8. The first-order valence-corrected chi connectivity index (χ1v) is 66.8. The molecule has 7 aliphatic carbocycles.